The van der Waals surface area contributed by atoms with E-state index in [0.29, 0.717) is 0 Å². The Kier molecular flexibility index (Phi) is 6.40. The molecule has 5 nitrogen and oxygen atoms in total. The van der Waals surface area contributed by atoms with Crippen molar-refractivity contribution in [2.75, 3.05) is 14.1 Å². The maximum absolute atomic E-state index is 10.9. The second-order valence-corrected chi connectivity index (χ2v) is 6.59. The SMILES string of the molecule is CN(C)Cc1ccccc1Sc1ccc(COC(=O)C(=O)O)cc1. The number of benzene rings is 2. The van der Waals surface area contributed by atoms with Gasteiger partial charge in [-0.15, -0.1) is 0 Å². The molecule has 0 spiro atoms. The average Bonchev–Trinajstić information content (AvgIpc) is 2.55. The Hall–Kier alpha value is -2.31. The Bertz CT molecular complexity index is 713. The maximum atomic E-state index is 10.9. The van der Waals surface area contributed by atoms with E-state index in [9.17, 15) is 9.59 Å². The molecule has 2 aromatic rings. The minimum atomic E-state index is -1.58. The fraction of sp³-hybridized carbons (Fsp3) is 0.222. The van der Waals surface area contributed by atoms with E-state index < -0.39 is 11.9 Å². The highest BCUT2D eigenvalue weighted by molar-refractivity contribution is 7.99. The highest BCUT2D eigenvalue weighted by Crippen LogP contribution is 2.31. The van der Waals surface area contributed by atoms with Crippen molar-refractivity contribution < 1.29 is 19.4 Å². The van der Waals surface area contributed by atoms with Crippen LogP contribution in [-0.2, 0) is 27.5 Å². The molecule has 0 aliphatic rings. The van der Waals surface area contributed by atoms with Gasteiger partial charge in [-0.25, -0.2) is 9.59 Å². The van der Waals surface area contributed by atoms with Gasteiger partial charge in [0.25, 0.3) is 0 Å². The van der Waals surface area contributed by atoms with E-state index >= 15 is 0 Å². The zero-order valence-electron chi connectivity index (χ0n) is 13.6. The van der Waals surface area contributed by atoms with Crippen molar-refractivity contribution in [1.82, 2.24) is 4.90 Å². The number of carboxylic acid groups (broad SMARTS) is 1. The minimum Gasteiger partial charge on any atom is -0.473 e. The second-order valence-electron chi connectivity index (χ2n) is 5.47. The van der Waals surface area contributed by atoms with Crippen molar-refractivity contribution in [3.8, 4) is 0 Å². The topological polar surface area (TPSA) is 66.8 Å². The Labute approximate surface area is 145 Å². The van der Waals surface area contributed by atoms with Crippen molar-refractivity contribution in [2.45, 2.75) is 22.9 Å². The van der Waals surface area contributed by atoms with Gasteiger partial charge in [0.05, 0.1) is 0 Å². The molecule has 0 fully saturated rings. The molecular formula is C18H19NO4S. The largest absolute Gasteiger partial charge is 0.473 e. The first-order valence-electron chi connectivity index (χ1n) is 7.35. The number of carbonyl (C=O) groups excluding carboxylic acids is 1. The second kappa shape index (κ2) is 8.52. The number of hydrogen-bond donors (Lipinski definition) is 1. The van der Waals surface area contributed by atoms with Gasteiger partial charge in [0, 0.05) is 16.3 Å². The molecular weight excluding hydrogens is 326 g/mol. The van der Waals surface area contributed by atoms with Crippen LogP contribution >= 0.6 is 11.8 Å². The summed E-state index contributed by atoms with van der Waals surface area (Å²) in [5.41, 5.74) is 2.00. The summed E-state index contributed by atoms with van der Waals surface area (Å²) in [5.74, 6) is -2.83. The molecule has 1 N–H and O–H groups in total. The summed E-state index contributed by atoms with van der Waals surface area (Å²) in [6.45, 7) is 0.819. The molecule has 0 heterocycles. The monoisotopic (exact) mass is 345 g/mol. The van der Waals surface area contributed by atoms with E-state index in [0.717, 1.165) is 17.0 Å². The molecule has 0 aliphatic carbocycles. The van der Waals surface area contributed by atoms with Gasteiger partial charge in [-0.3, -0.25) is 0 Å². The summed E-state index contributed by atoms with van der Waals surface area (Å²) >= 11 is 1.67. The summed E-state index contributed by atoms with van der Waals surface area (Å²) in [7, 11) is 4.07. The van der Waals surface area contributed by atoms with Crippen LogP contribution in [0.25, 0.3) is 0 Å². The van der Waals surface area contributed by atoms with Crippen LogP contribution in [0.3, 0.4) is 0 Å². The smallest absolute Gasteiger partial charge is 0.417 e. The first kappa shape index (κ1) is 18.0. The van der Waals surface area contributed by atoms with Crippen LogP contribution in [0, 0.1) is 0 Å². The van der Waals surface area contributed by atoms with E-state index in [4.69, 9.17) is 5.11 Å². The average molecular weight is 345 g/mol. The molecule has 126 valence electrons. The molecule has 0 amide bonds. The zero-order valence-corrected chi connectivity index (χ0v) is 14.4. The molecule has 0 unspecified atom stereocenters. The Morgan fingerprint density at radius 2 is 1.75 bits per heavy atom. The standard InChI is InChI=1S/C18H19NO4S/c1-19(2)11-14-5-3-4-6-16(14)24-15-9-7-13(8-10-15)12-23-18(22)17(20)21/h3-10H,11-12H2,1-2H3,(H,20,21). The van der Waals surface area contributed by atoms with Crippen molar-refractivity contribution in [3.63, 3.8) is 0 Å². The number of carboxylic acids is 1. The summed E-state index contributed by atoms with van der Waals surface area (Å²) in [6.07, 6.45) is 0. The Morgan fingerprint density at radius 3 is 2.38 bits per heavy atom. The normalized spacial score (nSPS) is 10.6. The van der Waals surface area contributed by atoms with Gasteiger partial charge in [0.1, 0.15) is 6.61 Å². The van der Waals surface area contributed by atoms with E-state index in [1.165, 1.54) is 10.5 Å². The van der Waals surface area contributed by atoms with Gasteiger partial charge in [-0.2, -0.15) is 0 Å². The number of rotatable bonds is 6. The fourth-order valence-corrected chi connectivity index (χ4v) is 3.00. The summed E-state index contributed by atoms with van der Waals surface area (Å²) < 4.78 is 4.66. The predicted octanol–water partition coefficient (Wildman–Crippen LogP) is 3.03. The molecule has 24 heavy (non-hydrogen) atoms. The molecule has 0 aliphatic heterocycles. The first-order chi connectivity index (χ1) is 11.5. The van der Waals surface area contributed by atoms with Crippen LogP contribution in [0.1, 0.15) is 11.1 Å². The molecule has 0 aromatic heterocycles. The Balaban J connectivity index is 2.02. The third-order valence-electron chi connectivity index (χ3n) is 3.15. The summed E-state index contributed by atoms with van der Waals surface area (Å²) in [4.78, 5) is 25.7. The van der Waals surface area contributed by atoms with Crippen molar-refractivity contribution >= 4 is 23.7 Å². The summed E-state index contributed by atoms with van der Waals surface area (Å²) in [6, 6.07) is 15.8. The molecule has 6 heteroatoms. The van der Waals surface area contributed by atoms with Gasteiger partial charge < -0.3 is 14.7 Å². The Morgan fingerprint density at radius 1 is 1.08 bits per heavy atom. The molecule has 0 bridgehead atoms. The zero-order chi connectivity index (χ0) is 17.5. The van der Waals surface area contributed by atoms with Gasteiger partial charge in [0.15, 0.2) is 0 Å². The predicted molar refractivity (Wildman–Crippen MR) is 91.8 cm³/mol. The van der Waals surface area contributed by atoms with Crippen LogP contribution in [0.15, 0.2) is 58.3 Å². The maximum Gasteiger partial charge on any atom is 0.417 e. The van der Waals surface area contributed by atoms with Crippen LogP contribution in [0.2, 0.25) is 0 Å². The van der Waals surface area contributed by atoms with Gasteiger partial charge in [-0.05, 0) is 43.4 Å². The number of hydrogen-bond acceptors (Lipinski definition) is 5. The number of ether oxygens (including phenoxy) is 1. The first-order valence-corrected chi connectivity index (χ1v) is 8.17. The van der Waals surface area contributed by atoms with E-state index in [2.05, 4.69) is 21.8 Å². The van der Waals surface area contributed by atoms with Crippen molar-refractivity contribution in [3.05, 3.63) is 59.7 Å². The lowest BCUT2D eigenvalue weighted by molar-refractivity contribution is -0.164. The third kappa shape index (κ3) is 5.40. The highest BCUT2D eigenvalue weighted by atomic mass is 32.2. The minimum absolute atomic E-state index is 0.0483. The molecule has 0 radical (unpaired) electrons. The van der Waals surface area contributed by atoms with Crippen molar-refractivity contribution in [2.24, 2.45) is 0 Å². The third-order valence-corrected chi connectivity index (χ3v) is 4.28. The molecule has 2 rings (SSSR count). The number of esters is 1. The van der Waals surface area contributed by atoms with Gasteiger partial charge >= 0.3 is 11.9 Å². The van der Waals surface area contributed by atoms with E-state index in [1.54, 1.807) is 11.8 Å². The molecule has 0 saturated heterocycles. The number of nitrogens with zero attached hydrogens (tertiary/aromatic N) is 1. The lowest BCUT2D eigenvalue weighted by atomic mass is 10.2. The van der Waals surface area contributed by atoms with Crippen LogP contribution < -0.4 is 0 Å². The molecule has 2 aromatic carbocycles. The van der Waals surface area contributed by atoms with Crippen LogP contribution in [0.4, 0.5) is 0 Å². The highest BCUT2D eigenvalue weighted by Gasteiger charge is 2.12. The molecule has 0 saturated carbocycles. The summed E-state index contributed by atoms with van der Waals surface area (Å²) in [5, 5.41) is 8.48. The van der Waals surface area contributed by atoms with Gasteiger partial charge in [-0.1, -0.05) is 42.1 Å². The van der Waals surface area contributed by atoms with Crippen molar-refractivity contribution in [1.29, 1.82) is 0 Å². The molecule has 0 atom stereocenters. The lowest BCUT2D eigenvalue weighted by Gasteiger charge is -2.14. The fourth-order valence-electron chi connectivity index (χ4n) is 2.07. The number of aliphatic carboxylic acids is 1. The lowest BCUT2D eigenvalue weighted by Crippen LogP contribution is -2.15. The quantitative estimate of drug-likeness (QED) is 0.641. The van der Waals surface area contributed by atoms with E-state index in [-0.39, 0.29) is 6.61 Å². The number of carbonyl (C=O) groups is 2. The van der Waals surface area contributed by atoms with Crippen LogP contribution in [-0.4, -0.2) is 36.0 Å². The van der Waals surface area contributed by atoms with E-state index in [1.807, 2.05) is 50.5 Å². The van der Waals surface area contributed by atoms with Gasteiger partial charge in [0.2, 0.25) is 0 Å². The van der Waals surface area contributed by atoms with Crippen LogP contribution in [0.5, 0.6) is 0 Å².